The number of alkyl halides is 3. The van der Waals surface area contributed by atoms with Crippen molar-refractivity contribution in [3.8, 4) is 5.75 Å². The van der Waals surface area contributed by atoms with Crippen molar-refractivity contribution in [1.82, 2.24) is 9.80 Å². The zero-order valence-electron chi connectivity index (χ0n) is 27.0. The minimum atomic E-state index is -4.47. The van der Waals surface area contributed by atoms with Crippen molar-refractivity contribution in [1.29, 1.82) is 0 Å². The lowest BCUT2D eigenvalue weighted by molar-refractivity contribution is -0.142. The summed E-state index contributed by atoms with van der Waals surface area (Å²) in [5.74, 6) is -1.08. The van der Waals surface area contributed by atoms with Gasteiger partial charge in [0.25, 0.3) is 5.91 Å². The van der Waals surface area contributed by atoms with Crippen LogP contribution in [0.25, 0.3) is 0 Å². The minimum absolute atomic E-state index is 0.0196. The maximum atomic E-state index is 14.2. The number of nitrogens with one attached hydrogen (secondary N) is 1. The van der Waals surface area contributed by atoms with Crippen molar-refractivity contribution >= 4 is 23.4 Å². The number of carbonyl (C=O) groups is 3. The molecule has 4 atom stereocenters. The zero-order valence-corrected chi connectivity index (χ0v) is 27.0. The Bertz CT molecular complexity index is 1130. The molecule has 1 aromatic carbocycles. The Labute approximate surface area is 264 Å². The number of fused-ring (bicyclic) bond motifs is 1. The average molecular weight is 642 g/mol. The number of hydrogen-bond acceptors (Lipinski definition) is 6. The Morgan fingerprint density at radius 2 is 1.80 bits per heavy atom. The molecule has 1 heterocycles. The first kappa shape index (κ1) is 36.6. The van der Waals surface area contributed by atoms with Gasteiger partial charge in [-0.05, 0) is 64.2 Å². The minimum Gasteiger partial charge on any atom is -0.490 e. The van der Waals surface area contributed by atoms with E-state index in [1.54, 1.807) is 18.9 Å². The summed E-state index contributed by atoms with van der Waals surface area (Å²) in [6.45, 7) is 6.31. The fourth-order valence-corrected chi connectivity index (χ4v) is 5.96. The monoisotopic (exact) mass is 641 g/mol. The lowest BCUT2D eigenvalue weighted by Gasteiger charge is -2.36. The normalized spacial score (nSPS) is 23.3. The molecule has 45 heavy (non-hydrogen) atoms. The first-order chi connectivity index (χ1) is 21.3. The molecule has 3 amide bonds. The molecule has 3 rings (SSSR count). The number of nitrogens with zero attached hydrogens (tertiary/aromatic N) is 2. The third-order valence-corrected chi connectivity index (χ3v) is 8.76. The van der Waals surface area contributed by atoms with Crippen LogP contribution in [0.4, 0.5) is 18.9 Å². The number of rotatable bonds is 8. The van der Waals surface area contributed by atoms with Crippen LogP contribution in [0.3, 0.4) is 0 Å². The molecule has 9 nitrogen and oxygen atoms in total. The van der Waals surface area contributed by atoms with E-state index in [0.717, 1.165) is 44.9 Å². The van der Waals surface area contributed by atoms with Crippen LogP contribution < -0.4 is 10.1 Å². The van der Waals surface area contributed by atoms with Gasteiger partial charge >= 0.3 is 6.18 Å². The first-order valence-corrected chi connectivity index (χ1v) is 16.2. The number of benzene rings is 1. The van der Waals surface area contributed by atoms with Crippen molar-refractivity contribution in [2.75, 3.05) is 38.7 Å². The van der Waals surface area contributed by atoms with Gasteiger partial charge in [-0.15, -0.1) is 0 Å². The number of hydrogen-bond donors (Lipinski definition) is 2. The predicted octanol–water partition coefficient (Wildman–Crippen LogP) is 5.80. The van der Waals surface area contributed by atoms with Crippen LogP contribution in [-0.2, 0) is 14.3 Å². The summed E-state index contributed by atoms with van der Waals surface area (Å²) in [5, 5.41) is 12.6. The third-order valence-electron chi connectivity index (χ3n) is 8.76. The molecule has 1 aromatic rings. The first-order valence-electron chi connectivity index (χ1n) is 16.2. The van der Waals surface area contributed by atoms with Crippen LogP contribution in [0.15, 0.2) is 18.2 Å². The van der Waals surface area contributed by atoms with Crippen molar-refractivity contribution in [2.24, 2.45) is 11.8 Å². The molecule has 2 N–H and O–H groups in total. The number of likely N-dealkylation sites (N-methyl/N-ethyl adjacent to an activating group) is 1. The number of halogens is 3. The van der Waals surface area contributed by atoms with Crippen molar-refractivity contribution < 1.29 is 42.1 Å². The van der Waals surface area contributed by atoms with E-state index < -0.39 is 36.9 Å². The Morgan fingerprint density at radius 1 is 1.11 bits per heavy atom. The molecular weight excluding hydrogens is 591 g/mol. The number of aliphatic hydroxyl groups excluding tert-OH is 1. The Morgan fingerprint density at radius 3 is 2.47 bits per heavy atom. The quantitative estimate of drug-likeness (QED) is 0.372. The average Bonchev–Trinajstić information content (AvgIpc) is 3.01. The Hall–Kier alpha value is -2.86. The van der Waals surface area contributed by atoms with E-state index in [0.29, 0.717) is 19.6 Å². The Kier molecular flexibility index (Phi) is 14.0. The molecular formula is C33H50F3N3O6. The highest BCUT2D eigenvalue weighted by molar-refractivity contribution is 5.99. The fourth-order valence-electron chi connectivity index (χ4n) is 5.96. The molecule has 1 aliphatic heterocycles. The van der Waals surface area contributed by atoms with Crippen LogP contribution in [0.5, 0.6) is 5.75 Å². The second-order valence-corrected chi connectivity index (χ2v) is 12.7. The van der Waals surface area contributed by atoms with Gasteiger partial charge < -0.3 is 29.7 Å². The third kappa shape index (κ3) is 11.5. The van der Waals surface area contributed by atoms with E-state index in [4.69, 9.17) is 9.47 Å². The molecule has 0 bridgehead atoms. The zero-order chi connectivity index (χ0) is 33.1. The molecule has 0 saturated heterocycles. The standard InChI is InChI=1S/C33H50F3N3O6/c1-22-19-39(23(2)21-40)32(43)27-18-26(37-30(41)15-16-33(34,35)36)13-14-28(27)45-24(3)10-8-9-17-44-29(22)20-38(4)31(42)25-11-6-5-7-12-25/h13-14,18,22-25,29,40H,5-12,15-17,19-21H2,1-4H3,(H,37,41)/t22-,23+,24-,29-/m0/s1. The highest BCUT2D eigenvalue weighted by Gasteiger charge is 2.33. The maximum Gasteiger partial charge on any atom is 0.389 e. The van der Waals surface area contributed by atoms with Gasteiger partial charge in [0, 0.05) is 50.7 Å². The number of anilines is 1. The number of ether oxygens (including phenoxy) is 2. The predicted molar refractivity (Wildman–Crippen MR) is 165 cm³/mol. The Balaban J connectivity index is 1.88. The lowest BCUT2D eigenvalue weighted by atomic mass is 9.88. The van der Waals surface area contributed by atoms with E-state index in [2.05, 4.69) is 5.32 Å². The molecule has 254 valence electrons. The molecule has 0 spiro atoms. The molecule has 1 fully saturated rings. The summed E-state index contributed by atoms with van der Waals surface area (Å²) in [6.07, 6.45) is 0.238. The van der Waals surface area contributed by atoms with Gasteiger partial charge in [0.1, 0.15) is 5.75 Å². The van der Waals surface area contributed by atoms with Crippen LogP contribution in [0, 0.1) is 11.8 Å². The molecule has 0 radical (unpaired) electrons. The lowest BCUT2D eigenvalue weighted by Crippen LogP contribution is -2.48. The summed E-state index contributed by atoms with van der Waals surface area (Å²) < 4.78 is 50.5. The smallest absolute Gasteiger partial charge is 0.389 e. The largest absolute Gasteiger partial charge is 0.490 e. The van der Waals surface area contributed by atoms with Gasteiger partial charge in [-0.3, -0.25) is 14.4 Å². The van der Waals surface area contributed by atoms with Crippen LogP contribution in [0.2, 0.25) is 0 Å². The van der Waals surface area contributed by atoms with E-state index in [1.165, 1.54) is 23.1 Å². The summed E-state index contributed by atoms with van der Waals surface area (Å²) in [7, 11) is 1.80. The number of aliphatic hydroxyl groups is 1. The van der Waals surface area contributed by atoms with Gasteiger partial charge in [0.15, 0.2) is 0 Å². The summed E-state index contributed by atoms with van der Waals surface area (Å²) in [4.78, 5) is 43.0. The summed E-state index contributed by atoms with van der Waals surface area (Å²) >= 11 is 0. The van der Waals surface area contributed by atoms with Crippen LogP contribution in [0.1, 0.15) is 95.3 Å². The maximum absolute atomic E-state index is 14.2. The van der Waals surface area contributed by atoms with Crippen LogP contribution in [-0.4, -0.2) is 90.4 Å². The second kappa shape index (κ2) is 17.2. The van der Waals surface area contributed by atoms with E-state index in [9.17, 15) is 32.7 Å². The van der Waals surface area contributed by atoms with Crippen molar-refractivity contribution in [2.45, 2.75) is 109 Å². The van der Waals surface area contributed by atoms with Gasteiger partial charge in [0.2, 0.25) is 11.8 Å². The van der Waals surface area contributed by atoms with E-state index >= 15 is 0 Å². The van der Waals surface area contributed by atoms with Crippen molar-refractivity contribution in [3.05, 3.63) is 23.8 Å². The molecule has 12 heteroatoms. The van der Waals surface area contributed by atoms with Gasteiger partial charge in [-0.25, -0.2) is 0 Å². The van der Waals surface area contributed by atoms with E-state index in [-0.39, 0.29) is 60.1 Å². The highest BCUT2D eigenvalue weighted by atomic mass is 19.4. The van der Waals surface area contributed by atoms with Crippen LogP contribution >= 0.6 is 0 Å². The van der Waals surface area contributed by atoms with Crippen molar-refractivity contribution in [3.63, 3.8) is 0 Å². The molecule has 0 unspecified atom stereocenters. The topological polar surface area (TPSA) is 108 Å². The van der Waals surface area contributed by atoms with E-state index in [1.807, 2.05) is 13.8 Å². The molecule has 2 aliphatic rings. The van der Waals surface area contributed by atoms with Gasteiger partial charge in [-0.2, -0.15) is 13.2 Å². The molecule has 1 saturated carbocycles. The molecule has 0 aromatic heterocycles. The number of amides is 3. The van der Waals surface area contributed by atoms with Gasteiger partial charge in [-0.1, -0.05) is 26.2 Å². The number of carbonyl (C=O) groups excluding carboxylic acids is 3. The second-order valence-electron chi connectivity index (χ2n) is 12.7. The SMILES string of the molecule is C[C@H](CO)N1C[C@H](C)[C@H](CN(C)C(=O)C2CCCCC2)OCCCC[C@H](C)Oc2ccc(NC(=O)CCC(F)(F)F)cc2C1=O. The van der Waals surface area contributed by atoms with Gasteiger partial charge in [0.05, 0.1) is 36.8 Å². The molecule has 1 aliphatic carbocycles. The fraction of sp³-hybridized carbons (Fsp3) is 0.727. The summed E-state index contributed by atoms with van der Waals surface area (Å²) in [5.41, 5.74) is 0.294. The highest BCUT2D eigenvalue weighted by Crippen LogP contribution is 2.30. The summed E-state index contributed by atoms with van der Waals surface area (Å²) in [6, 6.07) is 3.86.